The summed E-state index contributed by atoms with van der Waals surface area (Å²) in [5, 5.41) is 5.92. The molecule has 2 N–H and O–H groups in total. The molecule has 0 bridgehead atoms. The van der Waals surface area contributed by atoms with Gasteiger partial charge in [0.25, 0.3) is 0 Å². The fraction of sp³-hybridized carbons (Fsp3) is 0.882. The number of piperazine rings is 1. The molecule has 0 aromatic rings. The fourth-order valence-electron chi connectivity index (χ4n) is 2.58. The van der Waals surface area contributed by atoms with Crippen molar-refractivity contribution in [1.29, 1.82) is 0 Å². The van der Waals surface area contributed by atoms with Gasteiger partial charge in [-0.05, 0) is 18.8 Å². The zero-order valence-electron chi connectivity index (χ0n) is 15.4. The van der Waals surface area contributed by atoms with Gasteiger partial charge in [-0.1, -0.05) is 27.7 Å². The minimum absolute atomic E-state index is 0.0914. The van der Waals surface area contributed by atoms with Crippen LogP contribution in [0.5, 0.6) is 0 Å². The molecule has 0 aliphatic carbocycles. The van der Waals surface area contributed by atoms with Gasteiger partial charge in [0.2, 0.25) is 11.8 Å². The van der Waals surface area contributed by atoms with E-state index in [4.69, 9.17) is 0 Å². The summed E-state index contributed by atoms with van der Waals surface area (Å²) in [6, 6.07) is 0.284. The molecule has 0 unspecified atom stereocenters. The van der Waals surface area contributed by atoms with Gasteiger partial charge < -0.3 is 10.6 Å². The number of nitrogens with one attached hydrogen (secondary N) is 2. The number of rotatable bonds is 8. The van der Waals surface area contributed by atoms with Gasteiger partial charge in [-0.3, -0.25) is 19.4 Å². The lowest BCUT2D eigenvalue weighted by molar-refractivity contribution is -0.126. The predicted molar refractivity (Wildman–Crippen MR) is 93.2 cm³/mol. The molecule has 2 amide bonds. The molecular weight excluding hydrogens is 292 g/mol. The minimum atomic E-state index is 0.0914. The summed E-state index contributed by atoms with van der Waals surface area (Å²) in [5.41, 5.74) is 0. The van der Waals surface area contributed by atoms with Crippen molar-refractivity contribution in [3.05, 3.63) is 0 Å². The number of carbonyl (C=O) groups excluding carboxylic acids is 2. The van der Waals surface area contributed by atoms with Gasteiger partial charge in [-0.2, -0.15) is 0 Å². The predicted octanol–water partition coefficient (Wildman–Crippen LogP) is 0.537. The van der Waals surface area contributed by atoms with Crippen molar-refractivity contribution >= 4 is 11.8 Å². The fourth-order valence-corrected chi connectivity index (χ4v) is 2.58. The summed E-state index contributed by atoms with van der Waals surface area (Å²) in [4.78, 5) is 28.2. The van der Waals surface area contributed by atoms with E-state index in [1.807, 2.05) is 0 Å². The van der Waals surface area contributed by atoms with Crippen LogP contribution in [0, 0.1) is 11.8 Å². The molecule has 1 fully saturated rings. The summed E-state index contributed by atoms with van der Waals surface area (Å²) >= 11 is 0. The number of hydrogen-bond donors (Lipinski definition) is 2. The number of carbonyl (C=O) groups is 2. The van der Waals surface area contributed by atoms with Gasteiger partial charge >= 0.3 is 0 Å². The molecule has 134 valence electrons. The Labute approximate surface area is 141 Å². The Balaban J connectivity index is 2.30. The van der Waals surface area contributed by atoms with Crippen LogP contribution in [0.1, 0.15) is 34.6 Å². The van der Waals surface area contributed by atoms with Gasteiger partial charge in [0, 0.05) is 38.8 Å². The lowest BCUT2D eigenvalue weighted by Gasteiger charge is -2.39. The highest BCUT2D eigenvalue weighted by atomic mass is 16.2. The largest absolute Gasteiger partial charge is 0.355 e. The Hall–Kier alpha value is -1.14. The van der Waals surface area contributed by atoms with Crippen LogP contribution in [0.2, 0.25) is 0 Å². The quantitative estimate of drug-likeness (QED) is 0.683. The molecule has 0 aromatic carbocycles. The molecule has 1 rings (SSSR count). The molecule has 1 aliphatic rings. The Kier molecular flexibility index (Phi) is 8.55. The normalized spacial score (nSPS) is 20.0. The maximum absolute atomic E-state index is 11.9. The minimum Gasteiger partial charge on any atom is -0.355 e. The van der Waals surface area contributed by atoms with E-state index >= 15 is 0 Å². The topological polar surface area (TPSA) is 64.7 Å². The second-order valence-electron chi connectivity index (χ2n) is 7.45. The van der Waals surface area contributed by atoms with E-state index in [0.29, 0.717) is 24.9 Å². The van der Waals surface area contributed by atoms with Crippen molar-refractivity contribution < 1.29 is 9.59 Å². The molecule has 1 atom stereocenters. The second-order valence-corrected chi connectivity index (χ2v) is 7.45. The van der Waals surface area contributed by atoms with E-state index in [-0.39, 0.29) is 17.9 Å². The molecule has 6 nitrogen and oxygen atoms in total. The van der Waals surface area contributed by atoms with Crippen LogP contribution in [-0.2, 0) is 9.59 Å². The van der Waals surface area contributed by atoms with Crippen LogP contribution in [0.15, 0.2) is 0 Å². The highest BCUT2D eigenvalue weighted by molar-refractivity contribution is 5.78. The molecule has 6 heteroatoms. The van der Waals surface area contributed by atoms with Crippen molar-refractivity contribution in [1.82, 2.24) is 20.4 Å². The molecule has 1 heterocycles. The Morgan fingerprint density at radius 1 is 0.957 bits per heavy atom. The molecule has 0 spiro atoms. The van der Waals surface area contributed by atoms with Gasteiger partial charge in [-0.15, -0.1) is 0 Å². The van der Waals surface area contributed by atoms with E-state index in [1.165, 1.54) is 0 Å². The standard InChI is InChI=1S/C17H34N4O2/c1-13(2)8-18-16(22)11-20-6-7-21(15(5)10-20)12-17(23)19-9-14(3)4/h13-15H,6-12H2,1-5H3,(H,18,22)(H,19,23)/t15-/m0/s1. The van der Waals surface area contributed by atoms with Crippen LogP contribution in [0.3, 0.4) is 0 Å². The maximum atomic E-state index is 11.9. The molecule has 23 heavy (non-hydrogen) atoms. The zero-order chi connectivity index (χ0) is 17.4. The van der Waals surface area contributed by atoms with E-state index in [0.717, 1.165) is 32.7 Å². The zero-order valence-corrected chi connectivity index (χ0v) is 15.4. The summed E-state index contributed by atoms with van der Waals surface area (Å²) in [5.74, 6) is 1.12. The Bertz CT molecular complexity index is 385. The molecule has 1 saturated heterocycles. The summed E-state index contributed by atoms with van der Waals surface area (Å²) in [6.45, 7) is 15.3. The lowest BCUT2D eigenvalue weighted by Crippen LogP contribution is -2.56. The first-order valence-electron chi connectivity index (χ1n) is 8.77. The van der Waals surface area contributed by atoms with Gasteiger partial charge in [-0.25, -0.2) is 0 Å². The second kappa shape index (κ2) is 9.88. The number of nitrogens with zero attached hydrogens (tertiary/aromatic N) is 2. The third kappa shape index (κ3) is 8.32. The first kappa shape index (κ1) is 19.9. The van der Waals surface area contributed by atoms with Crippen molar-refractivity contribution in [3.8, 4) is 0 Å². The van der Waals surface area contributed by atoms with Crippen LogP contribution >= 0.6 is 0 Å². The average Bonchev–Trinajstić information content (AvgIpc) is 2.46. The third-order valence-corrected chi connectivity index (χ3v) is 3.98. The number of amides is 2. The van der Waals surface area contributed by atoms with E-state index in [2.05, 4.69) is 55.1 Å². The SMILES string of the molecule is CC(C)CNC(=O)CN1CCN(CC(=O)NCC(C)C)[C@@H](C)C1. The molecular formula is C17H34N4O2. The Morgan fingerprint density at radius 2 is 1.48 bits per heavy atom. The molecule has 0 aromatic heterocycles. The average molecular weight is 326 g/mol. The molecule has 0 radical (unpaired) electrons. The smallest absolute Gasteiger partial charge is 0.234 e. The highest BCUT2D eigenvalue weighted by Gasteiger charge is 2.26. The van der Waals surface area contributed by atoms with Gasteiger partial charge in [0.05, 0.1) is 13.1 Å². The summed E-state index contributed by atoms with van der Waals surface area (Å²) in [6.07, 6.45) is 0. The summed E-state index contributed by atoms with van der Waals surface area (Å²) < 4.78 is 0. The highest BCUT2D eigenvalue weighted by Crippen LogP contribution is 2.08. The van der Waals surface area contributed by atoms with Gasteiger partial charge in [0.15, 0.2) is 0 Å². The first-order valence-corrected chi connectivity index (χ1v) is 8.77. The van der Waals surface area contributed by atoms with Crippen LogP contribution in [-0.4, -0.2) is 73.5 Å². The van der Waals surface area contributed by atoms with E-state index in [1.54, 1.807) is 0 Å². The molecule has 0 saturated carbocycles. The van der Waals surface area contributed by atoms with E-state index < -0.39 is 0 Å². The third-order valence-electron chi connectivity index (χ3n) is 3.98. The van der Waals surface area contributed by atoms with Gasteiger partial charge in [0.1, 0.15) is 0 Å². The summed E-state index contributed by atoms with van der Waals surface area (Å²) in [7, 11) is 0. The Morgan fingerprint density at radius 3 is 1.96 bits per heavy atom. The van der Waals surface area contributed by atoms with Crippen molar-refractivity contribution in [2.24, 2.45) is 11.8 Å². The monoisotopic (exact) mass is 326 g/mol. The van der Waals surface area contributed by atoms with Crippen LogP contribution in [0.4, 0.5) is 0 Å². The van der Waals surface area contributed by atoms with Crippen molar-refractivity contribution in [2.45, 2.75) is 40.7 Å². The van der Waals surface area contributed by atoms with Crippen molar-refractivity contribution in [2.75, 3.05) is 45.8 Å². The lowest BCUT2D eigenvalue weighted by atomic mass is 10.2. The molecule has 1 aliphatic heterocycles. The maximum Gasteiger partial charge on any atom is 0.234 e. The van der Waals surface area contributed by atoms with Crippen molar-refractivity contribution in [3.63, 3.8) is 0 Å². The van der Waals surface area contributed by atoms with Crippen LogP contribution in [0.25, 0.3) is 0 Å². The number of hydrogen-bond acceptors (Lipinski definition) is 4. The van der Waals surface area contributed by atoms with Crippen LogP contribution < -0.4 is 10.6 Å². The van der Waals surface area contributed by atoms with E-state index in [9.17, 15) is 9.59 Å². The first-order chi connectivity index (χ1) is 10.8.